The summed E-state index contributed by atoms with van der Waals surface area (Å²) in [5.74, 6) is -2.71. The summed E-state index contributed by atoms with van der Waals surface area (Å²) in [6, 6.07) is 8.89. The Bertz CT molecular complexity index is 1340. The van der Waals surface area contributed by atoms with Gasteiger partial charge in [0.2, 0.25) is 0 Å². The van der Waals surface area contributed by atoms with Crippen LogP contribution in [0.3, 0.4) is 0 Å². The first-order valence-corrected chi connectivity index (χ1v) is 19.3. The second kappa shape index (κ2) is 21.8. The van der Waals surface area contributed by atoms with Crippen LogP contribution in [-0.4, -0.2) is 138 Å². The fourth-order valence-electron chi connectivity index (χ4n) is 5.25. The monoisotopic (exact) mass is 794 g/mol. The van der Waals surface area contributed by atoms with E-state index in [1.54, 1.807) is 119 Å². The summed E-state index contributed by atoms with van der Waals surface area (Å²) in [5.41, 5.74) is -2.94. The van der Waals surface area contributed by atoms with E-state index in [4.69, 9.17) is 28.4 Å². The van der Waals surface area contributed by atoms with Gasteiger partial charge in [-0.2, -0.15) is 0 Å². The lowest BCUT2D eigenvalue weighted by atomic mass is 10.2. The maximum Gasteiger partial charge on any atom is 0.320 e. The second-order valence-electron chi connectivity index (χ2n) is 18.9. The van der Waals surface area contributed by atoms with Crippen LogP contribution in [0.4, 0.5) is 0 Å². The average molecular weight is 794 g/mol. The average Bonchev–Trinajstić information content (AvgIpc) is 2.94. The molecule has 0 aliphatic rings. The molecule has 1 unspecified atom stereocenters. The van der Waals surface area contributed by atoms with E-state index in [1.807, 2.05) is 30.3 Å². The number of esters is 5. The lowest BCUT2D eigenvalue weighted by Gasteiger charge is -2.36. The number of ether oxygens (including phenoxy) is 6. The van der Waals surface area contributed by atoms with E-state index < -0.39 is 63.9 Å². The minimum atomic E-state index is -0.789. The Morgan fingerprint density at radius 1 is 0.482 bits per heavy atom. The third kappa shape index (κ3) is 26.3. The van der Waals surface area contributed by atoms with Crippen LogP contribution in [-0.2, 0) is 59.0 Å². The van der Waals surface area contributed by atoms with Crippen molar-refractivity contribution in [3.05, 3.63) is 35.9 Å². The maximum absolute atomic E-state index is 13.4. The molecule has 0 radical (unpaired) electrons. The van der Waals surface area contributed by atoms with E-state index in [-0.39, 0.29) is 65.6 Å². The van der Waals surface area contributed by atoms with Gasteiger partial charge < -0.3 is 28.4 Å². The lowest BCUT2D eigenvalue weighted by molar-refractivity contribution is -0.163. The summed E-state index contributed by atoms with van der Waals surface area (Å²) in [6.45, 7) is 25.9. The summed E-state index contributed by atoms with van der Waals surface area (Å²) >= 11 is 0. The highest BCUT2D eigenvalue weighted by Crippen LogP contribution is 2.16. The molecule has 1 aromatic carbocycles. The zero-order chi connectivity index (χ0) is 43.1. The van der Waals surface area contributed by atoms with Crippen molar-refractivity contribution >= 4 is 29.8 Å². The lowest BCUT2D eigenvalue weighted by Crippen LogP contribution is -2.53. The molecule has 0 fully saturated rings. The van der Waals surface area contributed by atoms with E-state index in [2.05, 4.69) is 0 Å². The van der Waals surface area contributed by atoms with Crippen molar-refractivity contribution in [1.82, 2.24) is 14.7 Å². The number of benzene rings is 1. The summed E-state index contributed by atoms with van der Waals surface area (Å²) in [4.78, 5) is 71.1. The predicted octanol–water partition coefficient (Wildman–Crippen LogP) is 5.19. The van der Waals surface area contributed by atoms with Crippen LogP contribution in [0.2, 0.25) is 0 Å². The number of carbonyl (C=O) groups is 5. The standard InChI is InChI=1S/C42H71N3O11/c1-38(2,3)52-33(46)24-43(21-22-44(25-34(47)53-39(4,5)6)26-35(48)54-40(7,8)9)23-32(30-51-29-31-19-17-16-18-20-31)45(27-36(49)55-41(10,11)12)28-37(50)56-42(13,14)15/h16-20,32H,21-30H2,1-15H3. The fraction of sp³-hybridized carbons (Fsp3) is 0.738. The Hall–Kier alpha value is -3.59. The van der Waals surface area contributed by atoms with Gasteiger partial charge in [0.05, 0.1) is 45.9 Å². The van der Waals surface area contributed by atoms with Gasteiger partial charge in [0, 0.05) is 25.7 Å². The van der Waals surface area contributed by atoms with Gasteiger partial charge in [0.1, 0.15) is 28.0 Å². The molecule has 0 aliphatic carbocycles. The molecule has 0 heterocycles. The molecular weight excluding hydrogens is 722 g/mol. The van der Waals surface area contributed by atoms with Gasteiger partial charge in [-0.15, -0.1) is 0 Å². The molecule has 0 amide bonds. The third-order valence-electron chi connectivity index (χ3n) is 6.96. The van der Waals surface area contributed by atoms with Crippen molar-refractivity contribution in [3.63, 3.8) is 0 Å². The smallest absolute Gasteiger partial charge is 0.320 e. The van der Waals surface area contributed by atoms with Crippen molar-refractivity contribution < 1.29 is 52.4 Å². The molecule has 0 spiro atoms. The molecule has 14 heteroatoms. The SMILES string of the molecule is CC(C)(C)OC(=O)CN(CCN(CC(=O)OC(C)(C)C)CC(COCc1ccccc1)N(CC(=O)OC(C)(C)C)CC(=O)OC(C)(C)C)CC(=O)OC(C)(C)C. The van der Waals surface area contributed by atoms with Crippen molar-refractivity contribution in [2.75, 3.05) is 59.0 Å². The number of rotatable bonds is 20. The molecule has 14 nitrogen and oxygen atoms in total. The van der Waals surface area contributed by atoms with Crippen LogP contribution in [0, 0.1) is 0 Å². The zero-order valence-corrected chi connectivity index (χ0v) is 36.9. The van der Waals surface area contributed by atoms with Crippen molar-refractivity contribution in [2.45, 2.75) is 145 Å². The topological polar surface area (TPSA) is 150 Å². The van der Waals surface area contributed by atoms with Gasteiger partial charge in [-0.25, -0.2) is 0 Å². The molecule has 1 rings (SSSR count). The largest absolute Gasteiger partial charge is 0.459 e. The number of nitrogens with zero attached hydrogens (tertiary/aromatic N) is 3. The number of hydrogen-bond acceptors (Lipinski definition) is 14. The van der Waals surface area contributed by atoms with E-state index in [0.717, 1.165) is 5.56 Å². The highest BCUT2D eigenvalue weighted by Gasteiger charge is 2.32. The van der Waals surface area contributed by atoms with E-state index in [0.29, 0.717) is 0 Å². The summed E-state index contributed by atoms with van der Waals surface area (Å²) in [5, 5.41) is 0. The van der Waals surface area contributed by atoms with Crippen LogP contribution in [0.25, 0.3) is 0 Å². The molecule has 1 aromatic rings. The molecule has 0 N–H and O–H groups in total. The Morgan fingerprint density at radius 2 is 0.804 bits per heavy atom. The first-order valence-electron chi connectivity index (χ1n) is 19.3. The Labute approximate surface area is 335 Å². The zero-order valence-electron chi connectivity index (χ0n) is 36.9. The first-order chi connectivity index (χ1) is 25.4. The summed E-state index contributed by atoms with van der Waals surface area (Å²) in [7, 11) is 0. The quantitative estimate of drug-likeness (QED) is 0.126. The Balaban J connectivity index is 3.64. The minimum absolute atomic E-state index is 0.0465. The van der Waals surface area contributed by atoms with Crippen LogP contribution >= 0.6 is 0 Å². The Morgan fingerprint density at radius 3 is 1.16 bits per heavy atom. The van der Waals surface area contributed by atoms with Crippen LogP contribution < -0.4 is 0 Å². The van der Waals surface area contributed by atoms with E-state index in [9.17, 15) is 24.0 Å². The molecule has 0 saturated carbocycles. The van der Waals surface area contributed by atoms with Crippen molar-refractivity contribution in [2.24, 2.45) is 0 Å². The number of hydrogen-bond donors (Lipinski definition) is 0. The van der Waals surface area contributed by atoms with Gasteiger partial charge in [-0.1, -0.05) is 30.3 Å². The molecule has 320 valence electrons. The minimum Gasteiger partial charge on any atom is -0.459 e. The summed E-state index contributed by atoms with van der Waals surface area (Å²) < 4.78 is 34.4. The second-order valence-corrected chi connectivity index (χ2v) is 18.9. The molecule has 56 heavy (non-hydrogen) atoms. The van der Waals surface area contributed by atoms with Gasteiger partial charge in [0.25, 0.3) is 0 Å². The van der Waals surface area contributed by atoms with Gasteiger partial charge in [0.15, 0.2) is 0 Å². The molecule has 0 saturated heterocycles. The molecular formula is C42H71N3O11. The molecule has 0 bridgehead atoms. The van der Waals surface area contributed by atoms with Crippen LogP contribution in [0.5, 0.6) is 0 Å². The van der Waals surface area contributed by atoms with E-state index >= 15 is 0 Å². The number of carbonyl (C=O) groups excluding carboxylic acids is 5. The van der Waals surface area contributed by atoms with Gasteiger partial charge >= 0.3 is 29.8 Å². The first kappa shape index (κ1) is 50.4. The van der Waals surface area contributed by atoms with Gasteiger partial charge in [-0.05, 0) is 109 Å². The van der Waals surface area contributed by atoms with Crippen LogP contribution in [0.15, 0.2) is 30.3 Å². The summed E-state index contributed by atoms with van der Waals surface area (Å²) in [6.07, 6.45) is 0. The molecule has 0 aromatic heterocycles. The normalized spacial score (nSPS) is 13.4. The molecule has 0 aliphatic heterocycles. The fourth-order valence-corrected chi connectivity index (χ4v) is 5.25. The van der Waals surface area contributed by atoms with Crippen LogP contribution in [0.1, 0.15) is 109 Å². The highest BCUT2D eigenvalue weighted by atomic mass is 16.6. The predicted molar refractivity (Wildman–Crippen MR) is 214 cm³/mol. The van der Waals surface area contributed by atoms with E-state index in [1.165, 1.54) is 0 Å². The molecule has 1 atom stereocenters. The van der Waals surface area contributed by atoms with Gasteiger partial charge in [-0.3, -0.25) is 38.7 Å². The third-order valence-corrected chi connectivity index (χ3v) is 6.96. The van der Waals surface area contributed by atoms with Crippen molar-refractivity contribution in [3.8, 4) is 0 Å². The Kier molecular flexibility index (Phi) is 19.6. The van der Waals surface area contributed by atoms with Crippen molar-refractivity contribution in [1.29, 1.82) is 0 Å². The highest BCUT2D eigenvalue weighted by molar-refractivity contribution is 5.76. The maximum atomic E-state index is 13.4.